The molecule has 3 aromatic rings. The van der Waals surface area contributed by atoms with Gasteiger partial charge in [-0.15, -0.1) is 11.3 Å². The minimum atomic E-state index is -0.636. The molecule has 7 nitrogen and oxygen atoms in total. The van der Waals surface area contributed by atoms with Gasteiger partial charge in [0.1, 0.15) is 10.8 Å². The first-order valence-corrected chi connectivity index (χ1v) is 9.80. The van der Waals surface area contributed by atoms with E-state index in [1.54, 1.807) is 61.5 Å². The molecule has 0 radical (unpaired) electrons. The molecule has 3 rings (SSSR count). The lowest BCUT2D eigenvalue weighted by Crippen LogP contribution is -2.14. The number of benzene rings is 2. The van der Waals surface area contributed by atoms with Gasteiger partial charge in [-0.3, -0.25) is 9.59 Å². The average Bonchev–Trinajstić information content (AvgIpc) is 3.09. The summed E-state index contributed by atoms with van der Waals surface area (Å²) < 4.78 is 10.1. The van der Waals surface area contributed by atoms with Crippen molar-refractivity contribution in [3.63, 3.8) is 0 Å². The van der Waals surface area contributed by atoms with E-state index in [-0.39, 0.29) is 15.4 Å². The number of esters is 1. The van der Waals surface area contributed by atoms with Crippen molar-refractivity contribution in [3.05, 3.63) is 76.2 Å². The van der Waals surface area contributed by atoms with Gasteiger partial charge in [0, 0.05) is 5.56 Å². The molecule has 0 spiro atoms. The summed E-state index contributed by atoms with van der Waals surface area (Å²) in [4.78, 5) is 38.1. The second-order valence-electron chi connectivity index (χ2n) is 6.23. The predicted molar refractivity (Wildman–Crippen MR) is 116 cm³/mol. The van der Waals surface area contributed by atoms with Crippen molar-refractivity contribution in [2.45, 2.75) is 6.92 Å². The van der Waals surface area contributed by atoms with Crippen molar-refractivity contribution in [2.24, 2.45) is 0 Å². The first-order valence-electron chi connectivity index (χ1n) is 8.98. The molecule has 2 N–H and O–H groups in total. The second kappa shape index (κ2) is 9.23. The molecule has 0 saturated carbocycles. The summed E-state index contributed by atoms with van der Waals surface area (Å²) in [6.07, 6.45) is 0. The van der Waals surface area contributed by atoms with Gasteiger partial charge in [-0.05, 0) is 36.8 Å². The van der Waals surface area contributed by atoms with Crippen LogP contribution in [0.15, 0.2) is 54.6 Å². The zero-order valence-electron chi connectivity index (χ0n) is 16.6. The maximum atomic E-state index is 12.9. The van der Waals surface area contributed by atoms with Crippen LogP contribution < -0.4 is 15.4 Å². The molecule has 0 aliphatic carbocycles. The highest BCUT2D eigenvalue weighted by Crippen LogP contribution is 2.35. The van der Waals surface area contributed by atoms with E-state index in [4.69, 9.17) is 9.47 Å². The lowest BCUT2D eigenvalue weighted by Gasteiger charge is -2.09. The van der Waals surface area contributed by atoms with Crippen LogP contribution >= 0.6 is 11.3 Å². The van der Waals surface area contributed by atoms with Crippen LogP contribution in [0.1, 0.15) is 36.0 Å². The van der Waals surface area contributed by atoms with E-state index >= 15 is 0 Å². The normalized spacial score (nSPS) is 10.2. The maximum absolute atomic E-state index is 12.9. The molecule has 0 unspecified atom stereocenters. The minimum Gasteiger partial charge on any atom is -0.495 e. The lowest BCUT2D eigenvalue weighted by atomic mass is 10.1. The van der Waals surface area contributed by atoms with Gasteiger partial charge in [0.15, 0.2) is 0 Å². The van der Waals surface area contributed by atoms with Crippen LogP contribution in [0.25, 0.3) is 0 Å². The molecule has 0 atom stereocenters. The standard InChI is InChI=1S/C22H20N2O5S/c1-13-17(22(27)29-3)21(24-19(25)14-9-5-4-6-10-14)30-18(13)20(26)23-15-11-7-8-12-16(15)28-2/h4-12H,1-3H3,(H,23,26)(H,24,25). The van der Waals surface area contributed by atoms with Crippen molar-refractivity contribution < 1.29 is 23.9 Å². The Morgan fingerprint density at radius 1 is 0.867 bits per heavy atom. The van der Waals surface area contributed by atoms with E-state index in [1.807, 2.05) is 0 Å². The Morgan fingerprint density at radius 3 is 2.20 bits per heavy atom. The van der Waals surface area contributed by atoms with E-state index in [2.05, 4.69) is 10.6 Å². The largest absolute Gasteiger partial charge is 0.495 e. The van der Waals surface area contributed by atoms with Gasteiger partial charge < -0.3 is 20.1 Å². The van der Waals surface area contributed by atoms with Crippen LogP contribution in [-0.4, -0.2) is 32.0 Å². The van der Waals surface area contributed by atoms with Crippen molar-refractivity contribution in [2.75, 3.05) is 24.9 Å². The molecule has 0 aliphatic heterocycles. The number of thiophene rings is 1. The molecule has 8 heteroatoms. The molecule has 154 valence electrons. The van der Waals surface area contributed by atoms with Gasteiger partial charge in [0.2, 0.25) is 0 Å². The average molecular weight is 424 g/mol. The summed E-state index contributed by atoms with van der Waals surface area (Å²) in [5, 5.41) is 5.75. The molecule has 2 amide bonds. The Kier molecular flexibility index (Phi) is 6.48. The number of rotatable bonds is 6. The minimum absolute atomic E-state index is 0.150. The molecule has 1 aromatic heterocycles. The third kappa shape index (κ3) is 4.33. The zero-order chi connectivity index (χ0) is 21.7. The molecular formula is C22H20N2O5S. The third-order valence-electron chi connectivity index (χ3n) is 4.36. The summed E-state index contributed by atoms with van der Waals surface area (Å²) in [5.41, 5.74) is 1.49. The maximum Gasteiger partial charge on any atom is 0.341 e. The monoisotopic (exact) mass is 424 g/mol. The summed E-state index contributed by atoms with van der Waals surface area (Å²) in [5.74, 6) is -0.944. The molecule has 2 aromatic carbocycles. The third-order valence-corrected chi connectivity index (χ3v) is 5.57. The van der Waals surface area contributed by atoms with Crippen molar-refractivity contribution in [3.8, 4) is 5.75 Å². The Bertz CT molecular complexity index is 1090. The number of hydrogen-bond acceptors (Lipinski definition) is 6. The molecule has 0 aliphatic rings. The van der Waals surface area contributed by atoms with E-state index in [0.29, 0.717) is 22.6 Å². The van der Waals surface area contributed by atoms with Crippen LogP contribution in [0, 0.1) is 6.92 Å². The number of carbonyl (C=O) groups excluding carboxylic acids is 3. The second-order valence-corrected chi connectivity index (χ2v) is 7.25. The van der Waals surface area contributed by atoms with E-state index < -0.39 is 17.8 Å². The van der Waals surface area contributed by atoms with Gasteiger partial charge in [-0.1, -0.05) is 30.3 Å². The number of ether oxygens (including phenoxy) is 2. The van der Waals surface area contributed by atoms with Gasteiger partial charge >= 0.3 is 5.97 Å². The molecular weight excluding hydrogens is 404 g/mol. The Morgan fingerprint density at radius 2 is 1.53 bits per heavy atom. The number of anilines is 2. The number of methoxy groups -OCH3 is 2. The fourth-order valence-electron chi connectivity index (χ4n) is 2.86. The van der Waals surface area contributed by atoms with Crippen LogP contribution in [0.4, 0.5) is 10.7 Å². The molecule has 0 fully saturated rings. The lowest BCUT2D eigenvalue weighted by molar-refractivity contribution is 0.0601. The predicted octanol–water partition coefficient (Wildman–Crippen LogP) is 4.36. The highest BCUT2D eigenvalue weighted by atomic mass is 32.1. The first-order chi connectivity index (χ1) is 14.5. The highest BCUT2D eigenvalue weighted by molar-refractivity contribution is 7.19. The van der Waals surface area contributed by atoms with Crippen molar-refractivity contribution in [1.82, 2.24) is 0 Å². The Labute approximate surface area is 177 Å². The summed E-state index contributed by atoms with van der Waals surface area (Å²) >= 11 is 1.01. The quantitative estimate of drug-likeness (QED) is 0.574. The Hall–Kier alpha value is -3.65. The summed E-state index contributed by atoms with van der Waals surface area (Å²) in [7, 11) is 2.75. The SMILES string of the molecule is COC(=O)c1c(NC(=O)c2ccccc2)sc(C(=O)Nc2ccccc2OC)c1C. The first kappa shape index (κ1) is 21.1. The molecule has 0 bridgehead atoms. The smallest absolute Gasteiger partial charge is 0.341 e. The van der Waals surface area contributed by atoms with Gasteiger partial charge in [0.25, 0.3) is 11.8 Å². The Balaban J connectivity index is 1.95. The van der Waals surface area contributed by atoms with Gasteiger partial charge in [0.05, 0.1) is 30.3 Å². The van der Waals surface area contributed by atoms with Crippen LogP contribution in [0.2, 0.25) is 0 Å². The summed E-state index contributed by atoms with van der Waals surface area (Å²) in [6, 6.07) is 15.6. The molecule has 1 heterocycles. The number of carbonyl (C=O) groups is 3. The van der Waals surface area contributed by atoms with Gasteiger partial charge in [-0.25, -0.2) is 4.79 Å². The van der Waals surface area contributed by atoms with Crippen LogP contribution in [0.5, 0.6) is 5.75 Å². The fourth-order valence-corrected chi connectivity index (χ4v) is 3.94. The van der Waals surface area contributed by atoms with E-state index in [0.717, 1.165) is 11.3 Å². The number of hydrogen-bond donors (Lipinski definition) is 2. The highest BCUT2D eigenvalue weighted by Gasteiger charge is 2.27. The molecule has 30 heavy (non-hydrogen) atoms. The van der Waals surface area contributed by atoms with E-state index in [9.17, 15) is 14.4 Å². The fraction of sp³-hybridized carbons (Fsp3) is 0.136. The van der Waals surface area contributed by atoms with Crippen LogP contribution in [-0.2, 0) is 4.74 Å². The van der Waals surface area contributed by atoms with Gasteiger partial charge in [-0.2, -0.15) is 0 Å². The van der Waals surface area contributed by atoms with E-state index in [1.165, 1.54) is 14.2 Å². The topological polar surface area (TPSA) is 93.7 Å². The van der Waals surface area contributed by atoms with Crippen molar-refractivity contribution >= 4 is 39.8 Å². The van der Waals surface area contributed by atoms with Crippen molar-refractivity contribution in [1.29, 1.82) is 0 Å². The number of nitrogens with one attached hydrogen (secondary N) is 2. The molecule has 0 saturated heterocycles. The van der Waals surface area contributed by atoms with Crippen LogP contribution in [0.3, 0.4) is 0 Å². The number of amides is 2. The summed E-state index contributed by atoms with van der Waals surface area (Å²) in [6.45, 7) is 1.64. The zero-order valence-corrected chi connectivity index (χ0v) is 17.5. The number of para-hydroxylation sites is 2.